The highest BCUT2D eigenvalue weighted by Crippen LogP contribution is 2.19. The molecule has 1 rings (SSSR count). The van der Waals surface area contributed by atoms with Gasteiger partial charge in [0, 0.05) is 11.8 Å². The standard InChI is InChI=1S/C9H8ClF2NO3/c1-16-9(15)5-6(8(11)12)13-3-4(2-10)7(5)14/h3,8H,2H2,1H3,(H,13,14). The summed E-state index contributed by atoms with van der Waals surface area (Å²) in [6, 6.07) is 0. The summed E-state index contributed by atoms with van der Waals surface area (Å²) in [6.45, 7) is 0. The quantitative estimate of drug-likeness (QED) is 0.659. The molecule has 0 aliphatic carbocycles. The van der Waals surface area contributed by atoms with Crippen LogP contribution in [0.3, 0.4) is 0 Å². The van der Waals surface area contributed by atoms with Gasteiger partial charge < -0.3 is 9.72 Å². The van der Waals surface area contributed by atoms with E-state index in [-0.39, 0.29) is 11.4 Å². The average molecular weight is 252 g/mol. The lowest BCUT2D eigenvalue weighted by Crippen LogP contribution is -2.23. The van der Waals surface area contributed by atoms with E-state index in [1.807, 2.05) is 0 Å². The lowest BCUT2D eigenvalue weighted by molar-refractivity contribution is 0.0585. The molecule has 4 nitrogen and oxygen atoms in total. The number of pyridine rings is 1. The van der Waals surface area contributed by atoms with Crippen molar-refractivity contribution in [2.45, 2.75) is 12.3 Å². The first-order valence-electron chi connectivity index (χ1n) is 4.19. The molecule has 1 aromatic rings. The number of esters is 1. The molecule has 0 atom stereocenters. The van der Waals surface area contributed by atoms with E-state index < -0.39 is 29.1 Å². The van der Waals surface area contributed by atoms with Crippen molar-refractivity contribution in [2.24, 2.45) is 0 Å². The Kier molecular flexibility index (Phi) is 4.00. The molecule has 0 amide bonds. The average Bonchev–Trinajstić information content (AvgIpc) is 2.27. The van der Waals surface area contributed by atoms with Crippen LogP contribution in [0.25, 0.3) is 0 Å². The van der Waals surface area contributed by atoms with E-state index in [1.54, 1.807) is 0 Å². The summed E-state index contributed by atoms with van der Waals surface area (Å²) in [4.78, 5) is 25.0. The molecule has 0 saturated carbocycles. The number of hydrogen-bond donors (Lipinski definition) is 1. The second-order valence-corrected chi connectivity index (χ2v) is 3.12. The third-order valence-electron chi connectivity index (χ3n) is 1.94. The predicted octanol–water partition coefficient (Wildman–Crippen LogP) is 1.84. The first kappa shape index (κ1) is 12.6. The molecule has 0 saturated heterocycles. The fourth-order valence-corrected chi connectivity index (χ4v) is 1.36. The topological polar surface area (TPSA) is 59.2 Å². The highest BCUT2D eigenvalue weighted by molar-refractivity contribution is 6.17. The van der Waals surface area contributed by atoms with Crippen LogP contribution < -0.4 is 5.43 Å². The third kappa shape index (κ3) is 2.21. The van der Waals surface area contributed by atoms with Gasteiger partial charge in [-0.25, -0.2) is 13.6 Å². The summed E-state index contributed by atoms with van der Waals surface area (Å²) in [5, 5.41) is 0. The zero-order valence-electron chi connectivity index (χ0n) is 8.22. The number of rotatable bonds is 3. The van der Waals surface area contributed by atoms with Gasteiger partial charge in [-0.15, -0.1) is 11.6 Å². The summed E-state index contributed by atoms with van der Waals surface area (Å²) in [6.07, 6.45) is -1.91. The lowest BCUT2D eigenvalue weighted by Gasteiger charge is -2.07. The monoisotopic (exact) mass is 251 g/mol. The van der Waals surface area contributed by atoms with Crippen LogP contribution in [0.5, 0.6) is 0 Å². The maximum Gasteiger partial charge on any atom is 0.343 e. The van der Waals surface area contributed by atoms with E-state index >= 15 is 0 Å². The van der Waals surface area contributed by atoms with Crippen molar-refractivity contribution < 1.29 is 18.3 Å². The van der Waals surface area contributed by atoms with Gasteiger partial charge in [0.05, 0.1) is 13.0 Å². The number of carbonyl (C=O) groups is 1. The van der Waals surface area contributed by atoms with Crippen LogP contribution in [0, 0.1) is 0 Å². The summed E-state index contributed by atoms with van der Waals surface area (Å²) in [7, 11) is 1.00. The van der Waals surface area contributed by atoms with E-state index in [4.69, 9.17) is 11.6 Å². The van der Waals surface area contributed by atoms with Crippen LogP contribution in [0.1, 0.15) is 28.0 Å². The smallest absolute Gasteiger partial charge is 0.343 e. The number of carbonyl (C=O) groups excluding carboxylic acids is 1. The largest absolute Gasteiger partial charge is 0.465 e. The van der Waals surface area contributed by atoms with Gasteiger partial charge in [-0.3, -0.25) is 4.79 Å². The molecule has 1 N–H and O–H groups in total. The lowest BCUT2D eigenvalue weighted by atomic mass is 10.1. The van der Waals surface area contributed by atoms with Crippen LogP contribution >= 0.6 is 11.6 Å². The van der Waals surface area contributed by atoms with E-state index in [1.165, 1.54) is 0 Å². The molecule has 1 heterocycles. The Bertz CT molecular complexity index is 459. The number of aromatic amines is 1. The molecule has 0 unspecified atom stereocenters. The number of aromatic nitrogens is 1. The molecule has 0 radical (unpaired) electrons. The molecule has 0 aromatic carbocycles. The van der Waals surface area contributed by atoms with Crippen molar-refractivity contribution in [1.29, 1.82) is 0 Å². The number of methoxy groups -OCH3 is 1. The molecular formula is C9H8ClF2NO3. The van der Waals surface area contributed by atoms with Gasteiger partial charge in [0.2, 0.25) is 5.43 Å². The Morgan fingerprint density at radius 2 is 2.25 bits per heavy atom. The molecule has 7 heteroatoms. The molecule has 0 spiro atoms. The highest BCUT2D eigenvalue weighted by atomic mass is 35.5. The summed E-state index contributed by atoms with van der Waals surface area (Å²) >= 11 is 5.42. The molecule has 1 aromatic heterocycles. The van der Waals surface area contributed by atoms with Crippen molar-refractivity contribution in [3.8, 4) is 0 Å². The first-order valence-corrected chi connectivity index (χ1v) is 4.73. The number of hydrogen-bond acceptors (Lipinski definition) is 3. The van der Waals surface area contributed by atoms with Gasteiger partial charge in [0.15, 0.2) is 0 Å². The van der Waals surface area contributed by atoms with Crippen molar-refractivity contribution >= 4 is 17.6 Å². The van der Waals surface area contributed by atoms with Gasteiger partial charge in [0.1, 0.15) is 11.3 Å². The fourth-order valence-electron chi connectivity index (χ4n) is 1.16. The Morgan fingerprint density at radius 3 is 2.69 bits per heavy atom. The van der Waals surface area contributed by atoms with Crippen molar-refractivity contribution in [3.63, 3.8) is 0 Å². The number of halogens is 3. The minimum Gasteiger partial charge on any atom is -0.465 e. The van der Waals surface area contributed by atoms with Gasteiger partial charge in [-0.05, 0) is 0 Å². The maximum atomic E-state index is 12.5. The zero-order valence-corrected chi connectivity index (χ0v) is 8.98. The van der Waals surface area contributed by atoms with Crippen LogP contribution in [0.2, 0.25) is 0 Å². The summed E-state index contributed by atoms with van der Waals surface area (Å²) in [5.74, 6) is -1.29. The van der Waals surface area contributed by atoms with Crippen molar-refractivity contribution in [2.75, 3.05) is 7.11 Å². The highest BCUT2D eigenvalue weighted by Gasteiger charge is 2.24. The Labute approximate surface area is 94.2 Å². The number of alkyl halides is 3. The van der Waals surface area contributed by atoms with Gasteiger partial charge in [-0.2, -0.15) is 0 Å². The van der Waals surface area contributed by atoms with Gasteiger partial charge in [-0.1, -0.05) is 0 Å². The van der Waals surface area contributed by atoms with Crippen LogP contribution in [0.15, 0.2) is 11.0 Å². The molecule has 0 aliphatic heterocycles. The predicted molar refractivity (Wildman–Crippen MR) is 52.9 cm³/mol. The molecule has 0 fully saturated rings. The van der Waals surface area contributed by atoms with E-state index in [2.05, 4.69) is 9.72 Å². The van der Waals surface area contributed by atoms with Gasteiger partial charge in [0.25, 0.3) is 6.43 Å². The second-order valence-electron chi connectivity index (χ2n) is 2.86. The SMILES string of the molecule is COC(=O)c1c(C(F)F)[nH]cc(CCl)c1=O. The Hall–Kier alpha value is -1.43. The van der Waals surface area contributed by atoms with E-state index in [0.717, 1.165) is 13.3 Å². The minimum atomic E-state index is -2.97. The molecule has 88 valence electrons. The maximum absolute atomic E-state index is 12.5. The zero-order chi connectivity index (χ0) is 12.3. The fraction of sp³-hybridized carbons (Fsp3) is 0.333. The molecule has 0 aliphatic rings. The molecule has 0 bridgehead atoms. The van der Waals surface area contributed by atoms with Crippen molar-refractivity contribution in [3.05, 3.63) is 33.2 Å². The number of ether oxygens (including phenoxy) is 1. The Morgan fingerprint density at radius 1 is 1.62 bits per heavy atom. The Balaban J connectivity index is 3.49. The van der Waals surface area contributed by atoms with E-state index in [0.29, 0.717) is 0 Å². The first-order chi connectivity index (χ1) is 7.52. The summed E-state index contributed by atoms with van der Waals surface area (Å²) in [5.41, 5.74) is -2.26. The third-order valence-corrected chi connectivity index (χ3v) is 2.23. The number of H-pyrrole nitrogens is 1. The summed E-state index contributed by atoms with van der Waals surface area (Å²) < 4.78 is 29.3. The van der Waals surface area contributed by atoms with E-state index in [9.17, 15) is 18.4 Å². The normalized spacial score (nSPS) is 10.6. The molecule has 16 heavy (non-hydrogen) atoms. The van der Waals surface area contributed by atoms with Gasteiger partial charge >= 0.3 is 5.97 Å². The van der Waals surface area contributed by atoms with Crippen LogP contribution in [-0.2, 0) is 10.6 Å². The van der Waals surface area contributed by atoms with Crippen molar-refractivity contribution in [1.82, 2.24) is 4.98 Å². The van der Waals surface area contributed by atoms with Crippen LogP contribution in [0.4, 0.5) is 8.78 Å². The second kappa shape index (κ2) is 5.07. The van der Waals surface area contributed by atoms with Crippen LogP contribution in [-0.4, -0.2) is 18.1 Å². The molecular weight excluding hydrogens is 244 g/mol. The number of nitrogens with one attached hydrogen (secondary N) is 1. The minimum absolute atomic E-state index is 0.0338.